The van der Waals surface area contributed by atoms with Crippen LogP contribution < -0.4 is 10.6 Å². The summed E-state index contributed by atoms with van der Waals surface area (Å²) in [7, 11) is 0. The number of hydrogen-bond donors (Lipinski definition) is 2. The van der Waals surface area contributed by atoms with E-state index in [0.29, 0.717) is 6.29 Å². The van der Waals surface area contributed by atoms with Crippen LogP contribution in [0.15, 0.2) is 0 Å². The van der Waals surface area contributed by atoms with Crippen molar-refractivity contribution < 1.29 is 23.9 Å². The van der Waals surface area contributed by atoms with Crippen LogP contribution in [0.5, 0.6) is 0 Å². The molecular weight excluding hydrogens is 324 g/mol. The van der Waals surface area contributed by atoms with Gasteiger partial charge >= 0.3 is 5.97 Å². The molecule has 1 saturated heterocycles. The molecule has 142 valence electrons. The second-order valence-electron chi connectivity index (χ2n) is 7.41. The Bertz CT molecular complexity index is 518. The van der Waals surface area contributed by atoms with Gasteiger partial charge in [0.1, 0.15) is 18.2 Å². The molecule has 5 atom stereocenters. The zero-order valence-corrected chi connectivity index (χ0v) is 15.9. The Morgan fingerprint density at radius 1 is 1.12 bits per heavy atom. The largest absolute Gasteiger partial charge is 0.451 e. The molecule has 2 N–H and O–H groups in total. The molecule has 0 aromatic rings. The summed E-state index contributed by atoms with van der Waals surface area (Å²) in [6.07, 6.45) is 0.588. The lowest BCUT2D eigenvalue weighted by molar-refractivity contribution is -0.193. The fourth-order valence-electron chi connectivity index (χ4n) is 2.71. The maximum atomic E-state index is 12.5. The molecular formula is C18H30N2O5. The number of aldehydes is 1. The van der Waals surface area contributed by atoms with E-state index >= 15 is 0 Å². The van der Waals surface area contributed by atoms with Crippen molar-refractivity contribution in [3.63, 3.8) is 0 Å². The topological polar surface area (TPSA) is 102 Å². The van der Waals surface area contributed by atoms with Gasteiger partial charge in [-0.25, -0.2) is 0 Å². The quantitative estimate of drug-likeness (QED) is 0.476. The third-order valence-corrected chi connectivity index (χ3v) is 4.78. The monoisotopic (exact) mass is 354 g/mol. The van der Waals surface area contributed by atoms with Gasteiger partial charge in [0.15, 0.2) is 6.10 Å². The van der Waals surface area contributed by atoms with Gasteiger partial charge in [0.2, 0.25) is 5.91 Å². The number of carbonyl (C=O) groups excluding carboxylic acids is 4. The van der Waals surface area contributed by atoms with Crippen molar-refractivity contribution in [1.29, 1.82) is 0 Å². The first-order chi connectivity index (χ1) is 11.6. The first-order valence-corrected chi connectivity index (χ1v) is 8.90. The molecule has 25 heavy (non-hydrogen) atoms. The minimum absolute atomic E-state index is 0.0312. The molecule has 1 aliphatic heterocycles. The van der Waals surface area contributed by atoms with Gasteiger partial charge in [-0.15, -0.1) is 0 Å². The van der Waals surface area contributed by atoms with Gasteiger partial charge in [0.05, 0.1) is 6.04 Å². The molecule has 1 heterocycles. The second-order valence-corrected chi connectivity index (χ2v) is 7.41. The van der Waals surface area contributed by atoms with Crippen LogP contribution in [0.1, 0.15) is 48.0 Å². The molecule has 1 fully saturated rings. The number of amides is 2. The molecule has 1 rings (SSSR count). The number of carbonyl (C=O) groups is 4. The third kappa shape index (κ3) is 5.03. The van der Waals surface area contributed by atoms with Gasteiger partial charge in [-0.2, -0.15) is 0 Å². The number of rotatable bonds is 9. The van der Waals surface area contributed by atoms with Crippen LogP contribution in [0.3, 0.4) is 0 Å². The highest BCUT2D eigenvalue weighted by molar-refractivity contribution is 5.97. The second kappa shape index (κ2) is 8.97. The summed E-state index contributed by atoms with van der Waals surface area (Å²) in [6.45, 7) is 11.1. The van der Waals surface area contributed by atoms with E-state index in [9.17, 15) is 19.2 Å². The number of cyclic esters (lactones) is 1. The summed E-state index contributed by atoms with van der Waals surface area (Å²) in [6, 6.07) is -1.41. The summed E-state index contributed by atoms with van der Waals surface area (Å²) in [4.78, 5) is 47.7. The zero-order valence-electron chi connectivity index (χ0n) is 15.9. The molecule has 4 unspecified atom stereocenters. The van der Waals surface area contributed by atoms with Gasteiger partial charge in [-0.1, -0.05) is 48.0 Å². The smallest absolute Gasteiger partial charge is 0.314 e. The highest BCUT2D eigenvalue weighted by Gasteiger charge is 2.50. The molecule has 0 spiro atoms. The molecule has 0 radical (unpaired) electrons. The molecule has 7 heteroatoms. The van der Waals surface area contributed by atoms with E-state index < -0.39 is 35.9 Å². The minimum Gasteiger partial charge on any atom is -0.451 e. The zero-order chi connectivity index (χ0) is 19.3. The Labute approximate surface area is 149 Å². The van der Waals surface area contributed by atoms with Crippen molar-refractivity contribution in [2.75, 3.05) is 0 Å². The lowest BCUT2D eigenvalue weighted by atomic mass is 9.82. The predicted molar refractivity (Wildman–Crippen MR) is 92.4 cm³/mol. The van der Waals surface area contributed by atoms with Crippen LogP contribution in [-0.2, 0) is 23.9 Å². The van der Waals surface area contributed by atoms with Crippen molar-refractivity contribution in [1.82, 2.24) is 10.6 Å². The first kappa shape index (κ1) is 21.1. The molecule has 0 aromatic carbocycles. The fraction of sp³-hybridized carbons (Fsp3) is 0.778. The average Bonchev–Trinajstić information content (AvgIpc) is 2.53. The highest BCUT2D eigenvalue weighted by Crippen LogP contribution is 2.31. The number of esters is 1. The summed E-state index contributed by atoms with van der Waals surface area (Å²) in [5.74, 6) is -1.93. The van der Waals surface area contributed by atoms with Crippen molar-refractivity contribution in [3.8, 4) is 0 Å². The van der Waals surface area contributed by atoms with E-state index in [0.717, 1.165) is 6.42 Å². The van der Waals surface area contributed by atoms with E-state index in [1.54, 1.807) is 13.8 Å². The van der Waals surface area contributed by atoms with Crippen molar-refractivity contribution in [2.45, 2.75) is 66.2 Å². The standard InChI is InChI=1S/C18H30N2O5/c1-7-11(6)13-15(25-18(13)24)17(23)20-14(10(4)5)16(22)19-12(8-21)9(2)3/h8-15H,7H2,1-6H3,(H,19,22)(H,20,23)/t11-,12?,13?,14?,15?/m0/s1. The fourth-order valence-corrected chi connectivity index (χ4v) is 2.71. The summed E-state index contributed by atoms with van der Waals surface area (Å²) >= 11 is 0. The third-order valence-electron chi connectivity index (χ3n) is 4.78. The maximum Gasteiger partial charge on any atom is 0.314 e. The highest BCUT2D eigenvalue weighted by atomic mass is 16.6. The van der Waals surface area contributed by atoms with Crippen LogP contribution in [0.4, 0.5) is 0 Å². The van der Waals surface area contributed by atoms with Gasteiger partial charge in [-0.3, -0.25) is 14.4 Å². The predicted octanol–water partition coefficient (Wildman–Crippen LogP) is 1.05. The lowest BCUT2D eigenvalue weighted by Gasteiger charge is -2.38. The minimum atomic E-state index is -0.858. The van der Waals surface area contributed by atoms with Crippen LogP contribution in [0.2, 0.25) is 0 Å². The molecule has 0 saturated carbocycles. The van der Waals surface area contributed by atoms with E-state index in [2.05, 4.69) is 10.6 Å². The van der Waals surface area contributed by atoms with Gasteiger partial charge < -0.3 is 20.2 Å². The van der Waals surface area contributed by atoms with Crippen LogP contribution in [-0.4, -0.2) is 42.3 Å². The Hall–Kier alpha value is -1.92. The average molecular weight is 354 g/mol. The number of hydrogen-bond acceptors (Lipinski definition) is 5. The summed E-state index contributed by atoms with van der Waals surface area (Å²) in [5, 5.41) is 5.32. The van der Waals surface area contributed by atoms with Crippen molar-refractivity contribution >= 4 is 24.1 Å². The van der Waals surface area contributed by atoms with E-state index in [1.165, 1.54) is 0 Å². The summed E-state index contributed by atoms with van der Waals surface area (Å²) < 4.78 is 5.00. The lowest BCUT2D eigenvalue weighted by Crippen LogP contribution is -2.61. The van der Waals surface area contributed by atoms with Crippen LogP contribution in [0.25, 0.3) is 0 Å². The molecule has 0 bridgehead atoms. The Morgan fingerprint density at radius 2 is 1.72 bits per heavy atom. The van der Waals surface area contributed by atoms with Crippen molar-refractivity contribution in [3.05, 3.63) is 0 Å². The Morgan fingerprint density at radius 3 is 2.12 bits per heavy atom. The summed E-state index contributed by atoms with van der Waals surface area (Å²) in [5.41, 5.74) is 0. The SMILES string of the molecule is CC[C@H](C)C1C(=O)OC1C(=O)NC(C(=O)NC(C=O)C(C)C)C(C)C. The van der Waals surface area contributed by atoms with Gasteiger partial charge in [0, 0.05) is 0 Å². The van der Waals surface area contributed by atoms with Crippen LogP contribution in [0, 0.1) is 23.7 Å². The van der Waals surface area contributed by atoms with E-state index in [1.807, 2.05) is 27.7 Å². The molecule has 1 aliphatic rings. The van der Waals surface area contributed by atoms with Crippen LogP contribution >= 0.6 is 0 Å². The maximum absolute atomic E-state index is 12.5. The molecule has 0 aromatic heterocycles. The molecule has 0 aliphatic carbocycles. The Balaban J connectivity index is 2.77. The Kier molecular flexibility index (Phi) is 7.58. The van der Waals surface area contributed by atoms with E-state index in [-0.39, 0.29) is 23.7 Å². The van der Waals surface area contributed by atoms with Crippen molar-refractivity contribution in [2.24, 2.45) is 23.7 Å². The first-order valence-electron chi connectivity index (χ1n) is 8.90. The number of ether oxygens (including phenoxy) is 1. The molecule has 2 amide bonds. The molecule has 7 nitrogen and oxygen atoms in total. The van der Waals surface area contributed by atoms with Gasteiger partial charge in [0.25, 0.3) is 5.91 Å². The number of nitrogens with one attached hydrogen (secondary N) is 2. The normalized spacial score (nSPS) is 23.3. The van der Waals surface area contributed by atoms with Gasteiger partial charge in [-0.05, 0) is 17.8 Å². The van der Waals surface area contributed by atoms with E-state index in [4.69, 9.17) is 4.74 Å².